The zero-order valence-electron chi connectivity index (χ0n) is 9.84. The minimum atomic E-state index is -0.250. The molecule has 17 heavy (non-hydrogen) atoms. The average molecular weight is 234 g/mol. The molecule has 1 aliphatic heterocycles. The number of ether oxygens (including phenoxy) is 2. The van der Waals surface area contributed by atoms with Crippen LogP contribution in [0.2, 0.25) is 0 Å². The SMILES string of the molecule is N/N=C1/C[C@@H]2[C@@H]3CC4(OCCO4)[C@@H]4[C@@H]3C[C@@H]2[C@H]14. The van der Waals surface area contributed by atoms with Crippen LogP contribution in [0, 0.1) is 35.5 Å². The standard InChI is InChI=1S/C13H18N2O2/c14-15-10-4-6-7-3-8-9(6)5-13(12(8)11(7)10)16-1-2-17-13/h6-9,11-12H,1-5,14H2/b15-10-/t6-,7-,8+,9-,11+,12+/m0/s1. The van der Waals surface area contributed by atoms with E-state index in [1.165, 1.54) is 12.1 Å². The van der Waals surface area contributed by atoms with Crippen LogP contribution in [-0.4, -0.2) is 24.7 Å². The molecule has 5 rings (SSSR count). The molecule has 0 radical (unpaired) electrons. The van der Waals surface area contributed by atoms with Crippen LogP contribution >= 0.6 is 0 Å². The normalized spacial score (nSPS) is 58.9. The summed E-state index contributed by atoms with van der Waals surface area (Å²) >= 11 is 0. The molecule has 5 fully saturated rings. The van der Waals surface area contributed by atoms with Crippen LogP contribution in [0.5, 0.6) is 0 Å². The first-order valence-electron chi connectivity index (χ1n) is 6.88. The van der Waals surface area contributed by atoms with Gasteiger partial charge in [-0.2, -0.15) is 5.10 Å². The quantitative estimate of drug-likeness (QED) is 0.502. The van der Waals surface area contributed by atoms with Crippen molar-refractivity contribution in [2.45, 2.75) is 25.0 Å². The Morgan fingerprint density at radius 1 is 1.12 bits per heavy atom. The van der Waals surface area contributed by atoms with Crippen molar-refractivity contribution < 1.29 is 9.47 Å². The van der Waals surface area contributed by atoms with Gasteiger partial charge in [0.15, 0.2) is 5.79 Å². The Balaban J connectivity index is 1.66. The molecule has 0 aromatic heterocycles. The first-order valence-corrected chi connectivity index (χ1v) is 6.88. The maximum Gasteiger partial charge on any atom is 0.172 e. The van der Waals surface area contributed by atoms with E-state index in [9.17, 15) is 0 Å². The number of hydrazone groups is 1. The molecule has 5 aliphatic rings. The highest BCUT2D eigenvalue weighted by Crippen LogP contribution is 2.73. The highest BCUT2D eigenvalue weighted by Gasteiger charge is 2.74. The van der Waals surface area contributed by atoms with E-state index in [0.29, 0.717) is 11.8 Å². The zero-order valence-corrected chi connectivity index (χ0v) is 9.84. The van der Waals surface area contributed by atoms with Gasteiger partial charge < -0.3 is 15.3 Å². The van der Waals surface area contributed by atoms with Gasteiger partial charge in [-0.25, -0.2) is 0 Å². The summed E-state index contributed by atoms with van der Waals surface area (Å²) in [7, 11) is 0. The largest absolute Gasteiger partial charge is 0.347 e. The van der Waals surface area contributed by atoms with E-state index in [2.05, 4.69) is 5.10 Å². The first kappa shape index (κ1) is 9.34. The molecule has 0 amide bonds. The van der Waals surface area contributed by atoms with E-state index in [1.54, 1.807) is 0 Å². The van der Waals surface area contributed by atoms with Crippen molar-refractivity contribution in [3.05, 3.63) is 0 Å². The lowest BCUT2D eigenvalue weighted by Crippen LogP contribution is -2.41. The van der Waals surface area contributed by atoms with Crippen LogP contribution in [0.1, 0.15) is 19.3 Å². The number of rotatable bonds is 0. The van der Waals surface area contributed by atoms with Crippen molar-refractivity contribution in [1.82, 2.24) is 0 Å². The summed E-state index contributed by atoms with van der Waals surface area (Å²) in [6, 6.07) is 0. The van der Waals surface area contributed by atoms with E-state index >= 15 is 0 Å². The molecule has 2 bridgehead atoms. The number of nitrogens with zero attached hydrogens (tertiary/aromatic N) is 1. The lowest BCUT2D eigenvalue weighted by molar-refractivity contribution is -0.188. The van der Waals surface area contributed by atoms with Crippen LogP contribution < -0.4 is 5.84 Å². The Bertz CT molecular complexity index is 416. The summed E-state index contributed by atoms with van der Waals surface area (Å²) in [6.45, 7) is 1.54. The second-order valence-electron chi connectivity index (χ2n) is 6.48. The second-order valence-corrected chi connectivity index (χ2v) is 6.48. The molecule has 4 saturated carbocycles. The maximum absolute atomic E-state index is 6.04. The first-order chi connectivity index (χ1) is 8.34. The number of fused-ring (bicyclic) bond motifs is 3. The smallest absolute Gasteiger partial charge is 0.172 e. The van der Waals surface area contributed by atoms with Gasteiger partial charge in [0, 0.05) is 24.0 Å². The summed E-state index contributed by atoms with van der Waals surface area (Å²) in [4.78, 5) is 0. The minimum absolute atomic E-state index is 0.250. The van der Waals surface area contributed by atoms with Crippen LogP contribution in [0.3, 0.4) is 0 Å². The molecule has 4 aliphatic carbocycles. The summed E-state index contributed by atoms with van der Waals surface area (Å²) in [5.74, 6) is 9.79. The minimum Gasteiger partial charge on any atom is -0.347 e. The Morgan fingerprint density at radius 2 is 1.94 bits per heavy atom. The summed E-state index contributed by atoms with van der Waals surface area (Å²) in [6.07, 6.45) is 3.66. The molecule has 0 aromatic rings. The van der Waals surface area contributed by atoms with Gasteiger partial charge in [-0.1, -0.05) is 0 Å². The van der Waals surface area contributed by atoms with Crippen molar-refractivity contribution in [3.8, 4) is 0 Å². The highest BCUT2D eigenvalue weighted by atomic mass is 16.7. The van der Waals surface area contributed by atoms with Crippen LogP contribution in [0.15, 0.2) is 5.10 Å². The molecule has 1 saturated heterocycles. The van der Waals surface area contributed by atoms with Gasteiger partial charge in [-0.05, 0) is 36.5 Å². The number of nitrogens with two attached hydrogens (primary N) is 1. The molecule has 1 spiro atoms. The fourth-order valence-corrected chi connectivity index (χ4v) is 6.08. The van der Waals surface area contributed by atoms with E-state index in [-0.39, 0.29) is 5.79 Å². The molecule has 0 aromatic carbocycles. The average Bonchev–Trinajstić information content (AvgIpc) is 3.03. The van der Waals surface area contributed by atoms with Crippen molar-refractivity contribution in [2.75, 3.05) is 13.2 Å². The van der Waals surface area contributed by atoms with Gasteiger partial charge in [-0.3, -0.25) is 0 Å². The zero-order chi connectivity index (χ0) is 11.2. The molecular formula is C13H18N2O2. The van der Waals surface area contributed by atoms with E-state index in [1.807, 2.05) is 0 Å². The lowest BCUT2D eigenvalue weighted by atomic mass is 9.79. The van der Waals surface area contributed by atoms with E-state index in [4.69, 9.17) is 15.3 Å². The fraction of sp³-hybridized carbons (Fsp3) is 0.923. The molecular weight excluding hydrogens is 216 g/mol. The van der Waals surface area contributed by atoms with Gasteiger partial charge in [0.25, 0.3) is 0 Å². The van der Waals surface area contributed by atoms with E-state index < -0.39 is 0 Å². The van der Waals surface area contributed by atoms with Gasteiger partial charge in [0.2, 0.25) is 0 Å². The van der Waals surface area contributed by atoms with E-state index in [0.717, 1.165) is 49.7 Å². The predicted molar refractivity (Wildman–Crippen MR) is 61.0 cm³/mol. The second kappa shape index (κ2) is 2.69. The number of hydrogen-bond donors (Lipinski definition) is 1. The highest BCUT2D eigenvalue weighted by molar-refractivity contribution is 5.91. The monoisotopic (exact) mass is 234 g/mol. The molecule has 4 heteroatoms. The lowest BCUT2D eigenvalue weighted by Gasteiger charge is -2.33. The van der Waals surface area contributed by atoms with Crippen molar-refractivity contribution in [1.29, 1.82) is 0 Å². The predicted octanol–water partition coefficient (Wildman–Crippen LogP) is 0.966. The topological polar surface area (TPSA) is 56.8 Å². The van der Waals surface area contributed by atoms with Gasteiger partial charge in [0.1, 0.15) is 0 Å². The third-order valence-corrected chi connectivity index (χ3v) is 6.30. The van der Waals surface area contributed by atoms with Crippen molar-refractivity contribution >= 4 is 5.71 Å². The molecule has 4 nitrogen and oxygen atoms in total. The molecule has 0 unspecified atom stereocenters. The van der Waals surface area contributed by atoms with Crippen LogP contribution in [0.25, 0.3) is 0 Å². The number of hydrogen-bond acceptors (Lipinski definition) is 4. The third-order valence-electron chi connectivity index (χ3n) is 6.30. The summed E-state index contributed by atoms with van der Waals surface area (Å²) < 4.78 is 12.1. The third kappa shape index (κ3) is 0.838. The summed E-state index contributed by atoms with van der Waals surface area (Å²) in [5, 5.41) is 4.09. The van der Waals surface area contributed by atoms with Crippen molar-refractivity contribution in [3.63, 3.8) is 0 Å². The van der Waals surface area contributed by atoms with Gasteiger partial charge >= 0.3 is 0 Å². The Morgan fingerprint density at radius 3 is 2.71 bits per heavy atom. The maximum atomic E-state index is 6.04. The molecule has 1 heterocycles. The summed E-state index contributed by atoms with van der Waals surface area (Å²) in [5.41, 5.74) is 1.26. The van der Waals surface area contributed by atoms with Crippen molar-refractivity contribution in [2.24, 2.45) is 46.5 Å². The van der Waals surface area contributed by atoms with Crippen LogP contribution in [0.4, 0.5) is 0 Å². The fourth-order valence-electron chi connectivity index (χ4n) is 6.08. The molecule has 92 valence electrons. The van der Waals surface area contributed by atoms with Gasteiger partial charge in [-0.15, -0.1) is 0 Å². The molecule has 2 N–H and O–H groups in total. The molecule has 6 atom stereocenters. The van der Waals surface area contributed by atoms with Crippen LogP contribution in [-0.2, 0) is 9.47 Å². The Hall–Kier alpha value is -0.610. The Labute approximate surface area is 101 Å². The Kier molecular flexibility index (Phi) is 1.48. The van der Waals surface area contributed by atoms with Gasteiger partial charge in [0.05, 0.1) is 13.2 Å².